The smallest absolute Gasteiger partial charge is 0.134 e. The van der Waals surface area contributed by atoms with E-state index in [1.807, 2.05) is 0 Å². The summed E-state index contributed by atoms with van der Waals surface area (Å²) in [6.45, 7) is 9.86. The molecule has 1 fully saturated rings. The van der Waals surface area contributed by atoms with Gasteiger partial charge in [0.15, 0.2) is 0 Å². The lowest BCUT2D eigenvalue weighted by atomic mass is 9.82. The number of aryl methyl sites for hydroxylation is 1. The van der Waals surface area contributed by atoms with E-state index < -0.39 is 0 Å². The van der Waals surface area contributed by atoms with Crippen LogP contribution in [0.25, 0.3) is 0 Å². The fraction of sp³-hybridized carbons (Fsp3) is 0.765. The lowest BCUT2D eigenvalue weighted by Crippen LogP contribution is -2.17. The van der Waals surface area contributed by atoms with Crippen LogP contribution < -0.4 is 5.32 Å². The number of hydrogen-bond acceptors (Lipinski definition) is 3. The van der Waals surface area contributed by atoms with Crippen LogP contribution in [0.1, 0.15) is 75.9 Å². The third-order valence-corrected chi connectivity index (χ3v) is 4.44. The first-order valence-electron chi connectivity index (χ1n) is 8.26. The molecule has 1 saturated carbocycles. The molecule has 2 unspecified atom stereocenters. The van der Waals surface area contributed by atoms with Gasteiger partial charge in [-0.05, 0) is 38.5 Å². The first-order valence-corrected chi connectivity index (χ1v) is 8.26. The quantitative estimate of drug-likeness (QED) is 0.862. The first-order chi connectivity index (χ1) is 9.65. The summed E-state index contributed by atoms with van der Waals surface area (Å²) in [4.78, 5) is 9.72. The summed E-state index contributed by atoms with van der Waals surface area (Å²) in [5.74, 6) is 3.52. The summed E-state index contributed by atoms with van der Waals surface area (Å²) < 4.78 is 0. The molecule has 112 valence electrons. The molecule has 1 heterocycles. The third-order valence-electron chi connectivity index (χ3n) is 4.44. The zero-order valence-corrected chi connectivity index (χ0v) is 13.5. The lowest BCUT2D eigenvalue weighted by Gasteiger charge is -2.26. The van der Waals surface area contributed by atoms with Crippen molar-refractivity contribution in [1.82, 2.24) is 9.97 Å². The van der Waals surface area contributed by atoms with E-state index in [9.17, 15) is 0 Å². The number of hydrogen-bond donors (Lipinski definition) is 1. The highest BCUT2D eigenvalue weighted by molar-refractivity contribution is 5.46. The van der Waals surface area contributed by atoms with Crippen LogP contribution in [0.4, 0.5) is 5.82 Å². The van der Waals surface area contributed by atoms with Gasteiger partial charge in [-0.3, -0.25) is 0 Å². The Morgan fingerprint density at radius 2 is 2.00 bits per heavy atom. The number of rotatable bonds is 5. The van der Waals surface area contributed by atoms with Crippen molar-refractivity contribution in [1.29, 1.82) is 0 Å². The zero-order valence-electron chi connectivity index (χ0n) is 13.5. The van der Waals surface area contributed by atoms with E-state index in [2.05, 4.69) is 33.0 Å². The van der Waals surface area contributed by atoms with E-state index in [0.717, 1.165) is 36.9 Å². The van der Waals surface area contributed by atoms with E-state index in [0.29, 0.717) is 5.92 Å². The number of nitrogens with zero attached hydrogens (tertiary/aromatic N) is 2. The molecule has 0 aromatic carbocycles. The van der Waals surface area contributed by atoms with Crippen molar-refractivity contribution in [3.63, 3.8) is 0 Å². The van der Waals surface area contributed by atoms with Crippen LogP contribution in [0.3, 0.4) is 0 Å². The minimum atomic E-state index is 0.562. The molecule has 0 amide bonds. The topological polar surface area (TPSA) is 37.8 Å². The van der Waals surface area contributed by atoms with Gasteiger partial charge in [-0.15, -0.1) is 0 Å². The van der Waals surface area contributed by atoms with E-state index in [4.69, 9.17) is 9.97 Å². The highest BCUT2D eigenvalue weighted by atomic mass is 15.0. The molecule has 2 atom stereocenters. The molecule has 1 N–H and O–H groups in total. The predicted molar refractivity (Wildman–Crippen MR) is 85.3 cm³/mol. The second kappa shape index (κ2) is 7.05. The predicted octanol–water partition coefficient (Wildman–Crippen LogP) is 4.46. The fourth-order valence-corrected chi connectivity index (χ4v) is 3.19. The molecule has 0 radical (unpaired) electrons. The average Bonchev–Trinajstić information content (AvgIpc) is 2.46. The summed E-state index contributed by atoms with van der Waals surface area (Å²) in [6.07, 6.45) is 7.31. The van der Waals surface area contributed by atoms with E-state index in [1.54, 1.807) is 0 Å². The standard InChI is InChI=1S/C17H29N3/c1-5-10-18-16-13(4)15(6-2)19-17(20-16)14-9-7-8-12(3)11-14/h12,14H,5-11H2,1-4H3,(H,18,19,20). The molecule has 2 rings (SSSR count). The molecular weight excluding hydrogens is 246 g/mol. The van der Waals surface area contributed by atoms with Gasteiger partial charge in [0.05, 0.1) is 0 Å². The molecule has 3 heteroatoms. The van der Waals surface area contributed by atoms with E-state index >= 15 is 0 Å². The zero-order chi connectivity index (χ0) is 14.5. The molecule has 0 aliphatic heterocycles. The minimum Gasteiger partial charge on any atom is -0.370 e. The molecular formula is C17H29N3. The van der Waals surface area contributed by atoms with Gasteiger partial charge in [0, 0.05) is 23.7 Å². The third kappa shape index (κ3) is 3.50. The molecule has 0 saturated heterocycles. The normalized spacial score (nSPS) is 22.8. The Bertz CT molecular complexity index is 442. The van der Waals surface area contributed by atoms with Crippen LogP contribution >= 0.6 is 0 Å². The Morgan fingerprint density at radius 3 is 2.65 bits per heavy atom. The molecule has 0 bridgehead atoms. The number of anilines is 1. The Kier molecular flexibility index (Phi) is 5.38. The molecule has 1 aliphatic rings. The van der Waals surface area contributed by atoms with Crippen LogP contribution in [-0.2, 0) is 6.42 Å². The largest absolute Gasteiger partial charge is 0.370 e. The molecule has 0 spiro atoms. The maximum atomic E-state index is 4.87. The van der Waals surface area contributed by atoms with Gasteiger partial charge in [-0.1, -0.05) is 33.6 Å². The second-order valence-electron chi connectivity index (χ2n) is 6.25. The first kappa shape index (κ1) is 15.3. The fourth-order valence-electron chi connectivity index (χ4n) is 3.19. The second-order valence-corrected chi connectivity index (χ2v) is 6.25. The summed E-state index contributed by atoms with van der Waals surface area (Å²) in [6, 6.07) is 0. The van der Waals surface area contributed by atoms with Gasteiger partial charge in [-0.2, -0.15) is 0 Å². The number of nitrogens with one attached hydrogen (secondary N) is 1. The Labute approximate surface area is 123 Å². The molecule has 20 heavy (non-hydrogen) atoms. The maximum absolute atomic E-state index is 4.87. The van der Waals surface area contributed by atoms with Crippen molar-refractivity contribution >= 4 is 5.82 Å². The van der Waals surface area contributed by atoms with Gasteiger partial charge in [0.2, 0.25) is 0 Å². The van der Waals surface area contributed by atoms with Crippen molar-refractivity contribution in [2.75, 3.05) is 11.9 Å². The molecule has 1 aromatic heterocycles. The van der Waals surface area contributed by atoms with Crippen LogP contribution in [0.2, 0.25) is 0 Å². The van der Waals surface area contributed by atoms with Gasteiger partial charge in [0.1, 0.15) is 11.6 Å². The van der Waals surface area contributed by atoms with Gasteiger partial charge in [0.25, 0.3) is 0 Å². The summed E-state index contributed by atoms with van der Waals surface area (Å²) in [5, 5.41) is 3.48. The Hall–Kier alpha value is -1.12. The van der Waals surface area contributed by atoms with Gasteiger partial charge in [-0.25, -0.2) is 9.97 Å². The molecule has 1 aliphatic carbocycles. The molecule has 1 aromatic rings. The minimum absolute atomic E-state index is 0.562. The highest BCUT2D eigenvalue weighted by Crippen LogP contribution is 2.35. The van der Waals surface area contributed by atoms with Crippen LogP contribution in [-0.4, -0.2) is 16.5 Å². The maximum Gasteiger partial charge on any atom is 0.134 e. The van der Waals surface area contributed by atoms with Crippen molar-refractivity contribution in [3.8, 4) is 0 Å². The Morgan fingerprint density at radius 1 is 1.20 bits per heavy atom. The summed E-state index contributed by atoms with van der Waals surface area (Å²) in [7, 11) is 0. The lowest BCUT2D eigenvalue weighted by molar-refractivity contribution is 0.335. The van der Waals surface area contributed by atoms with Gasteiger partial charge >= 0.3 is 0 Å². The van der Waals surface area contributed by atoms with Crippen LogP contribution in [0.15, 0.2) is 0 Å². The van der Waals surface area contributed by atoms with Crippen molar-refractivity contribution < 1.29 is 0 Å². The van der Waals surface area contributed by atoms with Crippen LogP contribution in [0, 0.1) is 12.8 Å². The van der Waals surface area contributed by atoms with E-state index in [1.165, 1.54) is 36.9 Å². The van der Waals surface area contributed by atoms with Crippen LogP contribution in [0.5, 0.6) is 0 Å². The summed E-state index contributed by atoms with van der Waals surface area (Å²) >= 11 is 0. The van der Waals surface area contributed by atoms with E-state index in [-0.39, 0.29) is 0 Å². The Balaban J connectivity index is 2.27. The highest BCUT2D eigenvalue weighted by Gasteiger charge is 2.24. The van der Waals surface area contributed by atoms with Gasteiger partial charge < -0.3 is 5.32 Å². The number of aromatic nitrogens is 2. The van der Waals surface area contributed by atoms with Crippen molar-refractivity contribution in [3.05, 3.63) is 17.1 Å². The SMILES string of the molecule is CCCNc1nc(C2CCCC(C)C2)nc(CC)c1C. The van der Waals surface area contributed by atoms with Crippen molar-refractivity contribution in [2.45, 2.75) is 72.1 Å². The monoisotopic (exact) mass is 275 g/mol. The summed E-state index contributed by atoms with van der Waals surface area (Å²) in [5.41, 5.74) is 2.44. The average molecular weight is 275 g/mol. The molecule has 3 nitrogen and oxygen atoms in total. The van der Waals surface area contributed by atoms with Crippen molar-refractivity contribution in [2.24, 2.45) is 5.92 Å².